The molecule has 4 aromatic rings. The summed E-state index contributed by atoms with van der Waals surface area (Å²) < 4.78 is 21.0. The lowest BCUT2D eigenvalue weighted by atomic mass is 9.80. The average molecular weight is 1080 g/mol. The molecule has 6 N–H and O–H groups in total. The zero-order chi connectivity index (χ0) is 53.0. The third kappa shape index (κ3) is 13.2. The maximum atomic E-state index is 14.7. The fourth-order valence-corrected chi connectivity index (χ4v) is 11.4. The first kappa shape index (κ1) is 54.8. The van der Waals surface area contributed by atoms with Crippen molar-refractivity contribution in [2.45, 2.75) is 133 Å². The van der Waals surface area contributed by atoms with E-state index >= 15 is 0 Å². The number of hydrogen-bond donors (Lipinski definition) is 5. The van der Waals surface area contributed by atoms with Gasteiger partial charge in [-0.3, -0.25) is 24.0 Å². The van der Waals surface area contributed by atoms with Gasteiger partial charge in [-0.1, -0.05) is 69.3 Å². The SMILES string of the molecule is Cc1ncsc1-c1ccc(CNC(=O)[C@@H]2C[C@@H](O)CN2C(=O)[C@@H](NC(=O)C2(F)CC2)C(C)(C)C)c(OCCCC(=O)N2CCC(C(=O)Nc3cccc(Sc4cnc(N5CCC(C)(CN)CC5)cn4)c3Cl)CC2)c1. The number of nitrogens with one attached hydrogen (secondary N) is 3. The second kappa shape index (κ2) is 23.2. The van der Waals surface area contributed by atoms with Crippen molar-refractivity contribution in [3.8, 4) is 16.2 Å². The van der Waals surface area contributed by atoms with Crippen LogP contribution in [0, 0.1) is 23.7 Å². The molecular formula is C53H68ClFN10O7S2. The number of halogens is 2. The predicted molar refractivity (Wildman–Crippen MR) is 284 cm³/mol. The number of aromatic nitrogens is 3. The Morgan fingerprint density at radius 1 is 1.01 bits per heavy atom. The average Bonchev–Trinajstić information content (AvgIpc) is 3.79. The van der Waals surface area contributed by atoms with Crippen LogP contribution in [0.1, 0.15) is 96.7 Å². The summed E-state index contributed by atoms with van der Waals surface area (Å²) in [6.45, 7) is 12.8. The molecule has 5 heterocycles. The van der Waals surface area contributed by atoms with Crippen LogP contribution in [0.25, 0.3) is 10.4 Å². The van der Waals surface area contributed by atoms with E-state index in [1.54, 1.807) is 49.6 Å². The highest BCUT2D eigenvalue weighted by atomic mass is 35.5. The molecule has 3 saturated heterocycles. The van der Waals surface area contributed by atoms with E-state index in [2.05, 4.69) is 42.7 Å². The molecule has 4 fully saturated rings. The molecule has 1 saturated carbocycles. The summed E-state index contributed by atoms with van der Waals surface area (Å²) in [6, 6.07) is 8.99. The third-order valence-corrected chi connectivity index (χ3v) is 17.2. The van der Waals surface area contributed by atoms with Gasteiger partial charge >= 0.3 is 0 Å². The van der Waals surface area contributed by atoms with Gasteiger partial charge in [0.15, 0.2) is 5.67 Å². The van der Waals surface area contributed by atoms with E-state index in [0.29, 0.717) is 65.9 Å². The van der Waals surface area contributed by atoms with Crippen molar-refractivity contribution in [2.24, 2.45) is 22.5 Å². The molecular weight excluding hydrogens is 1010 g/mol. The molecule has 74 heavy (non-hydrogen) atoms. The molecule has 0 radical (unpaired) electrons. The number of nitrogens with zero attached hydrogens (tertiary/aromatic N) is 6. The summed E-state index contributed by atoms with van der Waals surface area (Å²) in [5.41, 5.74) is 8.00. The number of carbonyl (C=O) groups excluding carboxylic acids is 5. The summed E-state index contributed by atoms with van der Waals surface area (Å²) in [4.78, 5) is 88.2. The van der Waals surface area contributed by atoms with Gasteiger partial charge < -0.3 is 46.2 Å². The van der Waals surface area contributed by atoms with Crippen LogP contribution in [0.5, 0.6) is 5.75 Å². The summed E-state index contributed by atoms with van der Waals surface area (Å²) in [7, 11) is 0. The number of carbonyl (C=O) groups is 5. The first-order chi connectivity index (χ1) is 35.2. The van der Waals surface area contributed by atoms with E-state index in [1.807, 2.05) is 37.3 Å². The number of aliphatic hydroxyl groups excluding tert-OH is 1. The molecule has 8 rings (SSSR count). The van der Waals surface area contributed by atoms with Gasteiger partial charge in [0, 0.05) is 68.5 Å². The molecule has 17 nitrogen and oxygen atoms in total. The first-order valence-corrected chi connectivity index (χ1v) is 27.6. The van der Waals surface area contributed by atoms with Gasteiger partial charge in [-0.05, 0) is 93.0 Å². The van der Waals surface area contributed by atoms with E-state index < -0.39 is 47.0 Å². The van der Waals surface area contributed by atoms with E-state index in [4.69, 9.17) is 22.1 Å². The Kier molecular flexibility index (Phi) is 17.2. The van der Waals surface area contributed by atoms with Crippen LogP contribution in [0.3, 0.4) is 0 Å². The van der Waals surface area contributed by atoms with Crippen LogP contribution in [-0.2, 0) is 30.5 Å². The minimum Gasteiger partial charge on any atom is -0.493 e. The van der Waals surface area contributed by atoms with Crippen LogP contribution in [-0.4, -0.2) is 129 Å². The molecule has 2 aromatic heterocycles. The molecule has 0 unspecified atom stereocenters. The lowest BCUT2D eigenvalue weighted by molar-refractivity contribution is -0.145. The number of hydrogen-bond acceptors (Lipinski definition) is 14. The van der Waals surface area contributed by atoms with Crippen molar-refractivity contribution in [3.63, 3.8) is 0 Å². The van der Waals surface area contributed by atoms with Crippen LogP contribution in [0.2, 0.25) is 5.02 Å². The molecule has 2 aromatic carbocycles. The second-order valence-electron chi connectivity index (χ2n) is 21.5. The summed E-state index contributed by atoms with van der Waals surface area (Å²) in [5.74, 6) is -1.07. The van der Waals surface area contributed by atoms with Crippen LogP contribution in [0.4, 0.5) is 15.9 Å². The molecule has 3 aliphatic heterocycles. The number of β-amino-alcohol motifs (C(OH)–C–C–N with tert-alkyl or cyclic N) is 1. The molecule has 3 atom stereocenters. The molecule has 1 aliphatic carbocycles. The number of aliphatic hydroxyl groups is 1. The summed E-state index contributed by atoms with van der Waals surface area (Å²) in [6.07, 6.45) is 6.39. The Labute approximate surface area is 445 Å². The van der Waals surface area contributed by atoms with E-state index in [-0.39, 0.29) is 68.5 Å². The number of rotatable bonds is 18. The van der Waals surface area contributed by atoms with E-state index in [0.717, 1.165) is 52.8 Å². The maximum Gasteiger partial charge on any atom is 0.258 e. The van der Waals surface area contributed by atoms with Crippen molar-refractivity contribution in [2.75, 3.05) is 56.1 Å². The monoisotopic (exact) mass is 1070 g/mol. The van der Waals surface area contributed by atoms with Crippen LogP contribution >= 0.6 is 34.7 Å². The Bertz CT molecular complexity index is 2690. The van der Waals surface area contributed by atoms with Gasteiger partial charge in [0.25, 0.3) is 5.91 Å². The number of benzene rings is 2. The minimum atomic E-state index is -1.99. The number of aryl methyl sites for hydroxylation is 1. The fourth-order valence-electron chi connectivity index (χ4n) is 9.57. The highest BCUT2D eigenvalue weighted by Gasteiger charge is 2.53. The lowest BCUT2D eigenvalue weighted by Gasteiger charge is -2.39. The van der Waals surface area contributed by atoms with Gasteiger partial charge in [0.1, 0.15) is 28.7 Å². The van der Waals surface area contributed by atoms with Crippen molar-refractivity contribution in [1.29, 1.82) is 0 Å². The zero-order valence-corrected chi connectivity index (χ0v) is 45.1. The quantitative estimate of drug-likeness (QED) is 0.0639. The van der Waals surface area contributed by atoms with Crippen molar-refractivity contribution < 1.29 is 38.2 Å². The normalized spacial score (nSPS) is 19.9. The van der Waals surface area contributed by atoms with Crippen LogP contribution < -0.4 is 31.3 Å². The molecule has 398 valence electrons. The fraction of sp³-hybridized carbons (Fsp3) is 0.547. The van der Waals surface area contributed by atoms with Crippen molar-refractivity contribution in [3.05, 3.63) is 70.6 Å². The summed E-state index contributed by atoms with van der Waals surface area (Å²) in [5, 5.41) is 20.3. The van der Waals surface area contributed by atoms with Gasteiger partial charge in [-0.2, -0.15) is 0 Å². The van der Waals surface area contributed by atoms with E-state index in [9.17, 15) is 33.5 Å². The standard InChI is InChI=1S/C53H68ClFN10O7S2/c1-32-45(73-31-60-32)34-11-12-35(26-59-48(69)38-25-36(66)29-65(38)49(70)46(51(2,3)4)62-50(71)53(55)15-16-53)39(24-34)72-23-7-10-43(67)64-19-13-33(14-20-64)47(68)61-37-8-6-9-40(44(37)54)74-42-28-57-41(27-58-42)63-21-17-52(5,30-56)18-22-63/h6,8-9,11-12,24,27-28,31,33,36,38,46,66H,7,10,13-23,25-26,29-30,56H2,1-5H3,(H,59,69)(H,61,68)(H,62,71)/t36-,38+,46-/m1/s1. The Hall–Kier alpha value is -5.41. The number of nitrogens with two attached hydrogens (primary N) is 1. The number of piperidine rings is 2. The number of alkyl halides is 1. The van der Waals surface area contributed by atoms with Gasteiger partial charge in [0.2, 0.25) is 23.6 Å². The highest BCUT2D eigenvalue weighted by molar-refractivity contribution is 7.99. The lowest BCUT2D eigenvalue weighted by Crippen LogP contribution is -2.59. The number of ether oxygens (including phenoxy) is 1. The van der Waals surface area contributed by atoms with Gasteiger partial charge in [-0.25, -0.2) is 19.3 Å². The molecule has 5 amide bonds. The van der Waals surface area contributed by atoms with Crippen molar-refractivity contribution >= 4 is 75.7 Å². The minimum absolute atomic E-state index is 0.00673. The van der Waals surface area contributed by atoms with Gasteiger partial charge in [-0.15, -0.1) is 11.3 Å². The number of likely N-dealkylation sites (tertiary alicyclic amines) is 2. The Balaban J connectivity index is 0.813. The zero-order valence-electron chi connectivity index (χ0n) is 42.8. The Morgan fingerprint density at radius 3 is 2.41 bits per heavy atom. The molecule has 21 heteroatoms. The number of thiazole rings is 1. The van der Waals surface area contributed by atoms with Crippen LogP contribution in [0.15, 0.2) is 64.2 Å². The topological polar surface area (TPSA) is 225 Å². The third-order valence-electron chi connectivity index (χ3n) is 14.7. The predicted octanol–water partition coefficient (Wildman–Crippen LogP) is 6.93. The largest absolute Gasteiger partial charge is 0.493 e. The van der Waals surface area contributed by atoms with E-state index in [1.165, 1.54) is 28.0 Å². The number of amides is 5. The molecule has 0 spiro atoms. The number of anilines is 2. The highest BCUT2D eigenvalue weighted by Crippen LogP contribution is 2.41. The summed E-state index contributed by atoms with van der Waals surface area (Å²) >= 11 is 9.70. The Morgan fingerprint density at radius 2 is 1.76 bits per heavy atom. The van der Waals surface area contributed by atoms with Crippen molar-refractivity contribution in [1.82, 2.24) is 35.4 Å². The smallest absolute Gasteiger partial charge is 0.258 e. The second-order valence-corrected chi connectivity index (χ2v) is 23.8. The molecule has 0 bridgehead atoms. The maximum absolute atomic E-state index is 14.7. The molecule has 4 aliphatic rings. The van der Waals surface area contributed by atoms with Gasteiger partial charge in [0.05, 0.1) is 51.9 Å². The first-order valence-electron chi connectivity index (χ1n) is 25.5.